The topological polar surface area (TPSA) is 69.7 Å². The molecule has 1 aliphatic rings. The predicted molar refractivity (Wildman–Crippen MR) is 111 cm³/mol. The first-order valence-corrected chi connectivity index (χ1v) is 10.9. The molecule has 0 spiro atoms. The molecular formula is C20H24ClN3O3S. The number of hydrogen-bond acceptors (Lipinski definition) is 4. The first-order chi connectivity index (χ1) is 13.2. The fourth-order valence-electron chi connectivity index (χ4n) is 3.39. The van der Waals surface area contributed by atoms with Crippen LogP contribution in [0.15, 0.2) is 53.4 Å². The van der Waals surface area contributed by atoms with Gasteiger partial charge in [0, 0.05) is 36.4 Å². The van der Waals surface area contributed by atoms with Crippen LogP contribution in [0.5, 0.6) is 0 Å². The van der Waals surface area contributed by atoms with Gasteiger partial charge in [-0.3, -0.25) is 9.52 Å². The van der Waals surface area contributed by atoms with E-state index in [0.717, 1.165) is 19.5 Å². The molecule has 150 valence electrons. The number of anilines is 1. The Hall–Kier alpha value is -2.09. The monoisotopic (exact) mass is 421 g/mol. The molecule has 2 aromatic carbocycles. The van der Waals surface area contributed by atoms with E-state index in [2.05, 4.69) is 16.7 Å². The van der Waals surface area contributed by atoms with Crippen LogP contribution in [0.4, 0.5) is 5.69 Å². The lowest BCUT2D eigenvalue weighted by Gasteiger charge is -2.21. The minimum Gasteiger partial charge on any atom is -0.341 e. The number of amides is 1. The summed E-state index contributed by atoms with van der Waals surface area (Å²) in [5.41, 5.74) is 0.761. The second-order valence-electron chi connectivity index (χ2n) is 7.24. The van der Waals surface area contributed by atoms with E-state index in [9.17, 15) is 13.2 Å². The van der Waals surface area contributed by atoms with Gasteiger partial charge >= 0.3 is 0 Å². The van der Waals surface area contributed by atoms with Crippen molar-refractivity contribution in [2.24, 2.45) is 5.92 Å². The first kappa shape index (κ1) is 20.6. The van der Waals surface area contributed by atoms with Crippen LogP contribution >= 0.6 is 11.6 Å². The average molecular weight is 422 g/mol. The summed E-state index contributed by atoms with van der Waals surface area (Å²) in [4.78, 5) is 16.7. The highest BCUT2D eigenvalue weighted by Gasteiger charge is 2.24. The molecule has 0 bridgehead atoms. The summed E-state index contributed by atoms with van der Waals surface area (Å²) in [5, 5.41) is 0.520. The summed E-state index contributed by atoms with van der Waals surface area (Å²) in [7, 11) is 0.0229. The molecule has 1 N–H and O–H groups in total. The van der Waals surface area contributed by atoms with E-state index >= 15 is 0 Å². The number of hydrogen-bond donors (Lipinski definition) is 1. The maximum Gasteiger partial charge on any atom is 0.261 e. The standard InChI is InChI=1S/C20H24ClN3O3S/c1-23-11-10-15(13-23)14-24(2)20(25)16-4-3-5-19(12-16)28(26,27)22-18-8-6-17(21)7-9-18/h3-9,12,15,22H,10-11,13-14H2,1-2H3. The zero-order valence-electron chi connectivity index (χ0n) is 15.9. The molecule has 0 aromatic heterocycles. The van der Waals surface area contributed by atoms with Gasteiger partial charge in [0.1, 0.15) is 0 Å². The van der Waals surface area contributed by atoms with Crippen molar-refractivity contribution in [2.75, 3.05) is 38.5 Å². The van der Waals surface area contributed by atoms with Gasteiger partial charge in [-0.15, -0.1) is 0 Å². The first-order valence-electron chi connectivity index (χ1n) is 9.07. The number of benzene rings is 2. The zero-order chi connectivity index (χ0) is 20.3. The van der Waals surface area contributed by atoms with Gasteiger partial charge in [0.25, 0.3) is 15.9 Å². The van der Waals surface area contributed by atoms with Crippen LogP contribution in [0.2, 0.25) is 5.02 Å². The summed E-state index contributed by atoms with van der Waals surface area (Å²) in [6, 6.07) is 12.5. The Balaban J connectivity index is 1.73. The number of rotatable bonds is 6. The second-order valence-corrected chi connectivity index (χ2v) is 9.36. The molecule has 3 rings (SSSR count). The molecule has 1 amide bonds. The third-order valence-electron chi connectivity index (χ3n) is 4.86. The number of nitrogens with zero attached hydrogens (tertiary/aromatic N) is 2. The van der Waals surface area contributed by atoms with Crippen molar-refractivity contribution in [3.63, 3.8) is 0 Å². The van der Waals surface area contributed by atoms with Gasteiger partial charge in [0.05, 0.1) is 4.90 Å². The van der Waals surface area contributed by atoms with Crippen LogP contribution in [0.3, 0.4) is 0 Å². The summed E-state index contributed by atoms with van der Waals surface area (Å²) >= 11 is 5.83. The van der Waals surface area contributed by atoms with Gasteiger partial charge in [-0.2, -0.15) is 0 Å². The molecule has 1 fully saturated rings. The van der Waals surface area contributed by atoms with Crippen molar-refractivity contribution in [3.8, 4) is 0 Å². The van der Waals surface area contributed by atoms with E-state index in [-0.39, 0.29) is 10.8 Å². The molecule has 2 aromatic rings. The van der Waals surface area contributed by atoms with Gasteiger partial charge in [0.2, 0.25) is 0 Å². The summed E-state index contributed by atoms with van der Waals surface area (Å²) in [6.45, 7) is 2.66. The number of sulfonamides is 1. The molecule has 0 saturated carbocycles. The molecular weight excluding hydrogens is 398 g/mol. The molecule has 28 heavy (non-hydrogen) atoms. The largest absolute Gasteiger partial charge is 0.341 e. The fourth-order valence-corrected chi connectivity index (χ4v) is 4.62. The van der Waals surface area contributed by atoms with Gasteiger partial charge in [-0.25, -0.2) is 8.42 Å². The van der Waals surface area contributed by atoms with E-state index in [1.807, 2.05) is 0 Å². The maximum absolute atomic E-state index is 12.8. The zero-order valence-corrected chi connectivity index (χ0v) is 17.5. The van der Waals surface area contributed by atoms with Crippen molar-refractivity contribution >= 4 is 33.2 Å². The van der Waals surface area contributed by atoms with E-state index < -0.39 is 10.0 Å². The molecule has 1 saturated heterocycles. The number of carbonyl (C=O) groups excluding carboxylic acids is 1. The normalized spacial score (nSPS) is 17.5. The number of nitrogens with one attached hydrogen (secondary N) is 1. The van der Waals surface area contributed by atoms with E-state index in [1.165, 1.54) is 12.1 Å². The minimum absolute atomic E-state index is 0.0438. The molecule has 8 heteroatoms. The Bertz CT molecular complexity index is 947. The van der Waals surface area contributed by atoms with Crippen LogP contribution in [0, 0.1) is 5.92 Å². The number of halogens is 1. The predicted octanol–water partition coefficient (Wildman–Crippen LogP) is 3.16. The van der Waals surface area contributed by atoms with E-state index in [4.69, 9.17) is 11.6 Å². The summed E-state index contributed by atoms with van der Waals surface area (Å²) in [5.74, 6) is 0.260. The molecule has 1 unspecified atom stereocenters. The molecule has 1 heterocycles. The van der Waals surface area contributed by atoms with Crippen molar-refractivity contribution in [2.45, 2.75) is 11.3 Å². The molecule has 0 aliphatic carbocycles. The SMILES string of the molecule is CN1CCC(CN(C)C(=O)c2cccc(S(=O)(=O)Nc3ccc(Cl)cc3)c2)C1. The summed E-state index contributed by atoms with van der Waals surface area (Å²) in [6.07, 6.45) is 1.06. The Morgan fingerprint density at radius 1 is 1.25 bits per heavy atom. The Labute approximate surface area is 171 Å². The Morgan fingerprint density at radius 2 is 1.96 bits per heavy atom. The Kier molecular flexibility index (Phi) is 6.27. The average Bonchev–Trinajstić information content (AvgIpc) is 3.07. The van der Waals surface area contributed by atoms with Crippen molar-refractivity contribution in [3.05, 3.63) is 59.1 Å². The smallest absolute Gasteiger partial charge is 0.261 e. The minimum atomic E-state index is -3.81. The number of carbonyl (C=O) groups is 1. The summed E-state index contributed by atoms with van der Waals surface area (Å²) < 4.78 is 27.8. The van der Waals surface area contributed by atoms with Crippen LogP contribution in [0.25, 0.3) is 0 Å². The quantitative estimate of drug-likeness (QED) is 0.777. The highest BCUT2D eigenvalue weighted by molar-refractivity contribution is 7.92. The van der Waals surface area contributed by atoms with Crippen molar-refractivity contribution in [1.82, 2.24) is 9.80 Å². The van der Waals surface area contributed by atoms with E-state index in [1.54, 1.807) is 48.3 Å². The van der Waals surface area contributed by atoms with Crippen molar-refractivity contribution < 1.29 is 13.2 Å². The lowest BCUT2D eigenvalue weighted by atomic mass is 10.1. The second kappa shape index (κ2) is 8.51. The van der Waals surface area contributed by atoms with E-state index in [0.29, 0.717) is 28.7 Å². The van der Waals surface area contributed by atoms with Gasteiger partial charge in [-0.1, -0.05) is 17.7 Å². The molecule has 0 radical (unpaired) electrons. The third kappa shape index (κ3) is 5.04. The van der Waals surface area contributed by atoms with Crippen LogP contribution < -0.4 is 4.72 Å². The van der Waals surface area contributed by atoms with Gasteiger partial charge in [-0.05, 0) is 68.4 Å². The molecule has 1 atom stereocenters. The maximum atomic E-state index is 12.8. The molecule has 6 nitrogen and oxygen atoms in total. The van der Waals surface area contributed by atoms with Crippen molar-refractivity contribution in [1.29, 1.82) is 0 Å². The highest BCUT2D eigenvalue weighted by atomic mass is 35.5. The Morgan fingerprint density at radius 3 is 2.61 bits per heavy atom. The lowest BCUT2D eigenvalue weighted by molar-refractivity contribution is 0.0774. The highest BCUT2D eigenvalue weighted by Crippen LogP contribution is 2.21. The molecule has 1 aliphatic heterocycles. The van der Waals surface area contributed by atoms with Crippen LogP contribution in [0.1, 0.15) is 16.8 Å². The number of likely N-dealkylation sites (tertiary alicyclic amines) is 1. The van der Waals surface area contributed by atoms with Crippen LogP contribution in [-0.2, 0) is 10.0 Å². The van der Waals surface area contributed by atoms with Gasteiger partial charge < -0.3 is 9.80 Å². The van der Waals surface area contributed by atoms with Crippen LogP contribution in [-0.4, -0.2) is 57.9 Å². The fraction of sp³-hybridized carbons (Fsp3) is 0.350. The third-order valence-corrected chi connectivity index (χ3v) is 6.49. The van der Waals surface area contributed by atoms with Gasteiger partial charge in [0.15, 0.2) is 0 Å². The lowest BCUT2D eigenvalue weighted by Crippen LogP contribution is -2.33.